The number of hydrogen-bond acceptors (Lipinski definition) is 3. The summed E-state index contributed by atoms with van der Waals surface area (Å²) in [5.41, 5.74) is 4.63. The van der Waals surface area contributed by atoms with E-state index in [0.29, 0.717) is 12.8 Å². The van der Waals surface area contributed by atoms with Crippen LogP contribution < -0.4 is 4.90 Å². The van der Waals surface area contributed by atoms with Crippen molar-refractivity contribution in [3.63, 3.8) is 0 Å². The molecular weight excluding hydrogens is 322 g/mol. The van der Waals surface area contributed by atoms with Crippen LogP contribution in [0.15, 0.2) is 42.5 Å². The number of anilines is 1. The van der Waals surface area contributed by atoms with Gasteiger partial charge >= 0.3 is 0 Å². The Bertz CT molecular complexity index is 870. The molecule has 0 atom stereocenters. The molecular formula is C19H21NO3S. The molecule has 24 heavy (non-hydrogen) atoms. The van der Waals surface area contributed by atoms with Gasteiger partial charge in [-0.1, -0.05) is 42.0 Å². The van der Waals surface area contributed by atoms with Gasteiger partial charge in [-0.3, -0.25) is 4.79 Å². The third-order valence-electron chi connectivity index (χ3n) is 4.38. The maximum absolute atomic E-state index is 12.5. The Balaban J connectivity index is 1.78. The van der Waals surface area contributed by atoms with Crippen LogP contribution in [0.25, 0.3) is 0 Å². The van der Waals surface area contributed by atoms with Gasteiger partial charge in [0.2, 0.25) is 5.91 Å². The SMILES string of the molecule is Cc1ccc(CS(=O)(=O)Cc2ccc3c(c2)CCC(=O)N3C)cc1. The van der Waals surface area contributed by atoms with Crippen LogP contribution in [0, 0.1) is 6.92 Å². The average molecular weight is 343 g/mol. The van der Waals surface area contributed by atoms with Gasteiger partial charge in [-0.25, -0.2) is 8.42 Å². The molecule has 0 aromatic heterocycles. The lowest BCUT2D eigenvalue weighted by atomic mass is 10.00. The second-order valence-electron chi connectivity index (χ2n) is 6.43. The van der Waals surface area contributed by atoms with Gasteiger partial charge in [-0.05, 0) is 36.1 Å². The van der Waals surface area contributed by atoms with Crippen molar-refractivity contribution in [2.75, 3.05) is 11.9 Å². The van der Waals surface area contributed by atoms with Gasteiger partial charge < -0.3 is 4.90 Å². The zero-order chi connectivity index (χ0) is 17.3. The molecule has 0 unspecified atom stereocenters. The minimum Gasteiger partial charge on any atom is -0.315 e. The van der Waals surface area contributed by atoms with Gasteiger partial charge in [0.1, 0.15) is 0 Å². The molecule has 1 aliphatic rings. The number of rotatable bonds is 4. The van der Waals surface area contributed by atoms with Crippen molar-refractivity contribution in [1.29, 1.82) is 0 Å². The largest absolute Gasteiger partial charge is 0.315 e. The number of benzene rings is 2. The smallest absolute Gasteiger partial charge is 0.227 e. The second kappa shape index (κ2) is 6.40. The fourth-order valence-corrected chi connectivity index (χ4v) is 4.53. The molecule has 0 spiro atoms. The summed E-state index contributed by atoms with van der Waals surface area (Å²) in [6.45, 7) is 1.98. The van der Waals surface area contributed by atoms with Crippen molar-refractivity contribution in [3.05, 3.63) is 64.7 Å². The minimum atomic E-state index is -3.23. The molecule has 4 nitrogen and oxygen atoms in total. The van der Waals surface area contributed by atoms with Crippen LogP contribution in [0.5, 0.6) is 0 Å². The number of aryl methyl sites for hydroxylation is 2. The van der Waals surface area contributed by atoms with E-state index < -0.39 is 9.84 Å². The molecule has 1 heterocycles. The van der Waals surface area contributed by atoms with E-state index in [4.69, 9.17) is 0 Å². The highest BCUT2D eigenvalue weighted by Gasteiger charge is 2.22. The Kier molecular flexibility index (Phi) is 4.45. The van der Waals surface area contributed by atoms with Crippen LogP contribution in [0.1, 0.15) is 28.7 Å². The summed E-state index contributed by atoms with van der Waals surface area (Å²) < 4.78 is 24.9. The summed E-state index contributed by atoms with van der Waals surface area (Å²) in [6.07, 6.45) is 1.15. The van der Waals surface area contributed by atoms with E-state index in [1.165, 1.54) is 0 Å². The van der Waals surface area contributed by atoms with Gasteiger partial charge in [0, 0.05) is 19.2 Å². The molecule has 1 aliphatic heterocycles. The molecule has 2 aromatic carbocycles. The summed E-state index contributed by atoms with van der Waals surface area (Å²) in [4.78, 5) is 13.4. The van der Waals surface area contributed by atoms with Crippen molar-refractivity contribution in [2.24, 2.45) is 0 Å². The molecule has 0 radical (unpaired) electrons. The molecule has 0 fully saturated rings. The lowest BCUT2D eigenvalue weighted by molar-refractivity contribution is -0.118. The zero-order valence-electron chi connectivity index (χ0n) is 14.0. The van der Waals surface area contributed by atoms with E-state index >= 15 is 0 Å². The number of fused-ring (bicyclic) bond motifs is 1. The Morgan fingerprint density at radius 2 is 1.58 bits per heavy atom. The van der Waals surface area contributed by atoms with E-state index in [-0.39, 0.29) is 17.4 Å². The van der Waals surface area contributed by atoms with Gasteiger partial charge in [0.15, 0.2) is 9.84 Å². The summed E-state index contributed by atoms with van der Waals surface area (Å²) >= 11 is 0. The molecule has 2 aromatic rings. The van der Waals surface area contributed by atoms with E-state index in [1.807, 2.05) is 43.3 Å². The number of carbonyl (C=O) groups is 1. The summed E-state index contributed by atoms with van der Waals surface area (Å²) in [6, 6.07) is 13.2. The van der Waals surface area contributed by atoms with Crippen LogP contribution in [0.3, 0.4) is 0 Å². The Morgan fingerprint density at radius 3 is 2.29 bits per heavy atom. The van der Waals surface area contributed by atoms with Gasteiger partial charge in [-0.2, -0.15) is 0 Å². The molecule has 0 saturated heterocycles. The Hall–Kier alpha value is -2.14. The fraction of sp³-hybridized carbons (Fsp3) is 0.316. The van der Waals surface area contributed by atoms with E-state index in [1.54, 1.807) is 18.0 Å². The first-order chi connectivity index (χ1) is 11.3. The standard InChI is InChI=1S/C19H21NO3S/c1-14-3-5-15(6-4-14)12-24(22,23)13-16-7-9-18-17(11-16)8-10-19(21)20(18)2/h3-7,9,11H,8,10,12-13H2,1-2H3. The van der Waals surface area contributed by atoms with Crippen LogP contribution in [0.4, 0.5) is 5.69 Å². The summed E-state index contributed by atoms with van der Waals surface area (Å²) in [7, 11) is -1.47. The predicted octanol–water partition coefficient (Wildman–Crippen LogP) is 3.02. The third-order valence-corrected chi connectivity index (χ3v) is 5.93. The maximum Gasteiger partial charge on any atom is 0.227 e. The number of sulfone groups is 1. The van der Waals surface area contributed by atoms with Gasteiger partial charge in [-0.15, -0.1) is 0 Å². The third kappa shape index (κ3) is 3.67. The highest BCUT2D eigenvalue weighted by atomic mass is 32.2. The number of carbonyl (C=O) groups excluding carboxylic acids is 1. The van der Waals surface area contributed by atoms with Crippen LogP contribution in [-0.2, 0) is 32.6 Å². The number of hydrogen-bond donors (Lipinski definition) is 0. The van der Waals surface area contributed by atoms with Crippen LogP contribution in [0.2, 0.25) is 0 Å². The normalized spacial score (nSPS) is 14.6. The summed E-state index contributed by atoms with van der Waals surface area (Å²) in [5.74, 6) is 0.163. The monoisotopic (exact) mass is 343 g/mol. The topological polar surface area (TPSA) is 54.5 Å². The highest BCUT2D eigenvalue weighted by molar-refractivity contribution is 7.89. The van der Waals surface area contributed by atoms with Crippen molar-refractivity contribution in [2.45, 2.75) is 31.3 Å². The molecule has 0 bridgehead atoms. The molecule has 1 amide bonds. The molecule has 3 rings (SSSR count). The van der Waals surface area contributed by atoms with E-state index in [0.717, 1.165) is 27.9 Å². The average Bonchev–Trinajstić information content (AvgIpc) is 2.53. The lowest BCUT2D eigenvalue weighted by Gasteiger charge is -2.26. The molecule has 126 valence electrons. The quantitative estimate of drug-likeness (QED) is 0.857. The summed E-state index contributed by atoms with van der Waals surface area (Å²) in [5, 5.41) is 0. The Labute approximate surface area is 143 Å². The van der Waals surface area contributed by atoms with Crippen molar-refractivity contribution >= 4 is 21.4 Å². The van der Waals surface area contributed by atoms with E-state index in [9.17, 15) is 13.2 Å². The number of amides is 1. The van der Waals surface area contributed by atoms with E-state index in [2.05, 4.69) is 0 Å². The zero-order valence-corrected chi connectivity index (χ0v) is 14.8. The van der Waals surface area contributed by atoms with Crippen LogP contribution >= 0.6 is 0 Å². The maximum atomic E-state index is 12.5. The Morgan fingerprint density at radius 1 is 0.958 bits per heavy atom. The highest BCUT2D eigenvalue weighted by Crippen LogP contribution is 2.28. The van der Waals surface area contributed by atoms with Gasteiger partial charge in [0.05, 0.1) is 11.5 Å². The second-order valence-corrected chi connectivity index (χ2v) is 8.50. The van der Waals surface area contributed by atoms with Gasteiger partial charge in [0.25, 0.3) is 0 Å². The first-order valence-corrected chi connectivity index (χ1v) is 9.80. The lowest BCUT2D eigenvalue weighted by Crippen LogP contribution is -2.31. The minimum absolute atomic E-state index is 0.0197. The van der Waals surface area contributed by atoms with Crippen molar-refractivity contribution < 1.29 is 13.2 Å². The first kappa shape index (κ1) is 16.7. The fourth-order valence-electron chi connectivity index (χ4n) is 3.04. The number of nitrogens with zero attached hydrogens (tertiary/aromatic N) is 1. The first-order valence-electron chi connectivity index (χ1n) is 7.98. The molecule has 5 heteroatoms. The molecule has 0 aliphatic carbocycles. The molecule has 0 N–H and O–H groups in total. The van der Waals surface area contributed by atoms with Crippen molar-refractivity contribution in [3.8, 4) is 0 Å². The predicted molar refractivity (Wildman–Crippen MR) is 95.7 cm³/mol. The van der Waals surface area contributed by atoms with Crippen molar-refractivity contribution in [1.82, 2.24) is 0 Å². The molecule has 0 saturated carbocycles. The van der Waals surface area contributed by atoms with Crippen LogP contribution in [-0.4, -0.2) is 21.4 Å².